The first kappa shape index (κ1) is 25.5. The SMILES string of the molecule is CN=C(NCC(C)c1c(C)noc1C)N1CCN(C(=O)Cc2cccc(Cl)c2)CC1.I. The van der Waals surface area contributed by atoms with Crippen molar-refractivity contribution >= 4 is 47.4 Å². The Morgan fingerprint density at radius 1 is 1.26 bits per heavy atom. The summed E-state index contributed by atoms with van der Waals surface area (Å²) in [7, 11) is 1.79. The van der Waals surface area contributed by atoms with Crippen molar-refractivity contribution in [3.63, 3.8) is 0 Å². The molecule has 0 radical (unpaired) electrons. The van der Waals surface area contributed by atoms with Crippen LogP contribution < -0.4 is 5.32 Å². The van der Waals surface area contributed by atoms with Gasteiger partial charge in [-0.2, -0.15) is 0 Å². The quantitative estimate of drug-likeness (QED) is 0.344. The Kier molecular flexibility index (Phi) is 9.61. The molecule has 1 aliphatic rings. The summed E-state index contributed by atoms with van der Waals surface area (Å²) < 4.78 is 5.29. The maximum atomic E-state index is 12.6. The molecule has 0 bridgehead atoms. The lowest BCUT2D eigenvalue weighted by Gasteiger charge is -2.36. The molecular weight excluding hydrogens is 529 g/mol. The number of amides is 1. The molecule has 170 valence electrons. The summed E-state index contributed by atoms with van der Waals surface area (Å²) in [5, 5.41) is 8.16. The second-order valence-corrected chi connectivity index (χ2v) is 8.18. The zero-order chi connectivity index (χ0) is 21.7. The van der Waals surface area contributed by atoms with Gasteiger partial charge in [0.2, 0.25) is 5.91 Å². The van der Waals surface area contributed by atoms with Gasteiger partial charge in [0.25, 0.3) is 0 Å². The third-order valence-corrected chi connectivity index (χ3v) is 5.77. The fourth-order valence-corrected chi connectivity index (χ4v) is 4.19. The van der Waals surface area contributed by atoms with Gasteiger partial charge in [0.05, 0.1) is 12.1 Å². The zero-order valence-corrected chi connectivity index (χ0v) is 21.6. The molecule has 0 saturated carbocycles. The Morgan fingerprint density at radius 3 is 2.52 bits per heavy atom. The molecule has 1 atom stereocenters. The Balaban J connectivity index is 0.00000341. The number of guanidine groups is 1. The normalized spacial score (nSPS) is 15.5. The Labute approximate surface area is 206 Å². The molecule has 7 nitrogen and oxygen atoms in total. The topological polar surface area (TPSA) is 74.0 Å². The number of carbonyl (C=O) groups is 1. The molecule has 1 fully saturated rings. The van der Waals surface area contributed by atoms with Gasteiger partial charge in [0.15, 0.2) is 5.96 Å². The molecule has 9 heteroatoms. The minimum Gasteiger partial charge on any atom is -0.361 e. The molecule has 1 saturated heterocycles. The number of carbonyl (C=O) groups excluding carboxylic acids is 1. The van der Waals surface area contributed by atoms with E-state index in [0.717, 1.165) is 48.2 Å². The number of halogens is 2. The standard InChI is InChI=1S/C22H30ClN5O2.HI/c1-15(21-16(2)26-30-17(21)3)14-25-22(24-4)28-10-8-27(9-11-28)20(29)13-18-6-5-7-19(23)12-18;/h5-7,12,15H,8-11,13-14H2,1-4H3,(H,24,25);1H. The molecule has 1 aromatic heterocycles. The van der Waals surface area contributed by atoms with Crippen LogP contribution in [0.3, 0.4) is 0 Å². The summed E-state index contributed by atoms with van der Waals surface area (Å²) in [6.07, 6.45) is 0.377. The van der Waals surface area contributed by atoms with E-state index < -0.39 is 0 Å². The van der Waals surface area contributed by atoms with Crippen LogP contribution in [0, 0.1) is 13.8 Å². The predicted octanol–water partition coefficient (Wildman–Crippen LogP) is 3.63. The van der Waals surface area contributed by atoms with E-state index in [9.17, 15) is 4.79 Å². The average Bonchev–Trinajstić information content (AvgIpc) is 3.07. The maximum Gasteiger partial charge on any atom is 0.227 e. The van der Waals surface area contributed by atoms with Crippen LogP contribution in [-0.2, 0) is 11.2 Å². The number of nitrogens with zero attached hydrogens (tertiary/aromatic N) is 4. The number of hydrogen-bond acceptors (Lipinski definition) is 4. The van der Waals surface area contributed by atoms with Crippen molar-refractivity contribution in [3.8, 4) is 0 Å². The molecule has 0 aliphatic carbocycles. The fourth-order valence-electron chi connectivity index (χ4n) is 3.97. The van der Waals surface area contributed by atoms with E-state index >= 15 is 0 Å². The van der Waals surface area contributed by atoms with Crippen LogP contribution in [0.4, 0.5) is 0 Å². The molecule has 3 rings (SSSR count). The van der Waals surface area contributed by atoms with E-state index in [1.165, 1.54) is 0 Å². The van der Waals surface area contributed by atoms with Gasteiger partial charge in [-0.25, -0.2) is 0 Å². The van der Waals surface area contributed by atoms with Crippen molar-refractivity contribution in [2.45, 2.75) is 33.1 Å². The number of nitrogens with one attached hydrogen (secondary N) is 1. The highest BCUT2D eigenvalue weighted by molar-refractivity contribution is 14.0. The van der Waals surface area contributed by atoms with Crippen LogP contribution in [0.5, 0.6) is 0 Å². The van der Waals surface area contributed by atoms with Gasteiger partial charge in [-0.1, -0.05) is 35.8 Å². The van der Waals surface area contributed by atoms with Crippen LogP contribution in [0.15, 0.2) is 33.8 Å². The van der Waals surface area contributed by atoms with E-state index in [1.807, 2.05) is 43.0 Å². The fraction of sp³-hybridized carbons (Fsp3) is 0.500. The molecule has 1 aromatic carbocycles. The van der Waals surface area contributed by atoms with Crippen LogP contribution >= 0.6 is 35.6 Å². The average molecular weight is 560 g/mol. The Morgan fingerprint density at radius 2 is 1.94 bits per heavy atom. The number of rotatable bonds is 5. The highest BCUT2D eigenvalue weighted by atomic mass is 127. The second-order valence-electron chi connectivity index (χ2n) is 7.74. The van der Waals surface area contributed by atoms with Gasteiger partial charge in [-0.3, -0.25) is 9.79 Å². The zero-order valence-electron chi connectivity index (χ0n) is 18.5. The Hall–Kier alpha value is -1.81. The summed E-state index contributed by atoms with van der Waals surface area (Å²) in [5.74, 6) is 2.11. The van der Waals surface area contributed by atoms with Gasteiger partial charge in [-0.05, 0) is 31.5 Å². The van der Waals surface area contributed by atoms with E-state index in [4.69, 9.17) is 16.1 Å². The smallest absolute Gasteiger partial charge is 0.227 e. The number of piperazine rings is 1. The summed E-state index contributed by atoms with van der Waals surface area (Å²) in [6, 6.07) is 7.48. The highest BCUT2D eigenvalue weighted by Gasteiger charge is 2.24. The maximum absolute atomic E-state index is 12.6. The van der Waals surface area contributed by atoms with E-state index in [2.05, 4.69) is 27.3 Å². The van der Waals surface area contributed by atoms with E-state index in [-0.39, 0.29) is 35.8 Å². The lowest BCUT2D eigenvalue weighted by atomic mass is 10.00. The molecule has 0 spiro atoms. The van der Waals surface area contributed by atoms with Crippen molar-refractivity contribution < 1.29 is 9.32 Å². The summed E-state index contributed by atoms with van der Waals surface area (Å²) >= 11 is 6.03. The molecule has 1 aliphatic heterocycles. The monoisotopic (exact) mass is 559 g/mol. The van der Waals surface area contributed by atoms with Crippen molar-refractivity contribution in [2.75, 3.05) is 39.8 Å². The van der Waals surface area contributed by atoms with Crippen molar-refractivity contribution in [2.24, 2.45) is 4.99 Å². The number of aryl methyl sites for hydroxylation is 2. The van der Waals surface area contributed by atoms with Gasteiger partial charge in [-0.15, -0.1) is 24.0 Å². The molecular formula is C22H31ClIN5O2. The third kappa shape index (κ3) is 6.58. The Bertz CT molecular complexity index is 890. The molecule has 2 heterocycles. The molecule has 2 aromatic rings. The van der Waals surface area contributed by atoms with Crippen molar-refractivity contribution in [3.05, 3.63) is 51.9 Å². The van der Waals surface area contributed by atoms with Crippen LogP contribution in [0.2, 0.25) is 5.02 Å². The summed E-state index contributed by atoms with van der Waals surface area (Å²) in [4.78, 5) is 21.2. The van der Waals surface area contributed by atoms with Crippen LogP contribution in [0.1, 0.15) is 35.4 Å². The van der Waals surface area contributed by atoms with Gasteiger partial charge in [0, 0.05) is 56.3 Å². The van der Waals surface area contributed by atoms with Crippen LogP contribution in [-0.4, -0.2) is 66.6 Å². The van der Waals surface area contributed by atoms with E-state index in [0.29, 0.717) is 24.5 Å². The summed E-state index contributed by atoms with van der Waals surface area (Å²) in [5.41, 5.74) is 3.03. The first-order valence-corrected chi connectivity index (χ1v) is 10.7. The van der Waals surface area contributed by atoms with E-state index in [1.54, 1.807) is 7.05 Å². The minimum atomic E-state index is 0. The van der Waals surface area contributed by atoms with Gasteiger partial charge in [0.1, 0.15) is 5.76 Å². The predicted molar refractivity (Wildman–Crippen MR) is 134 cm³/mol. The minimum absolute atomic E-state index is 0. The summed E-state index contributed by atoms with van der Waals surface area (Å²) in [6.45, 7) is 9.67. The molecule has 1 N–H and O–H groups in total. The number of benzene rings is 1. The molecule has 1 amide bonds. The van der Waals surface area contributed by atoms with Gasteiger partial charge >= 0.3 is 0 Å². The first-order valence-electron chi connectivity index (χ1n) is 10.3. The molecule has 1 unspecified atom stereocenters. The van der Waals surface area contributed by atoms with Crippen molar-refractivity contribution in [1.82, 2.24) is 20.3 Å². The number of aromatic nitrogens is 1. The highest BCUT2D eigenvalue weighted by Crippen LogP contribution is 2.22. The lowest BCUT2D eigenvalue weighted by molar-refractivity contribution is -0.131. The number of aliphatic imine (C=N–C) groups is 1. The molecule has 31 heavy (non-hydrogen) atoms. The number of hydrogen-bond donors (Lipinski definition) is 1. The largest absolute Gasteiger partial charge is 0.361 e. The van der Waals surface area contributed by atoms with Crippen LogP contribution in [0.25, 0.3) is 0 Å². The van der Waals surface area contributed by atoms with Crippen molar-refractivity contribution in [1.29, 1.82) is 0 Å². The lowest BCUT2D eigenvalue weighted by Crippen LogP contribution is -2.54. The third-order valence-electron chi connectivity index (χ3n) is 5.54. The first-order chi connectivity index (χ1) is 14.4. The van der Waals surface area contributed by atoms with Gasteiger partial charge < -0.3 is 19.6 Å². The second kappa shape index (κ2) is 11.7.